The van der Waals surface area contributed by atoms with Crippen molar-refractivity contribution in [2.45, 2.75) is 32.2 Å². The Bertz CT molecular complexity index is 329. The molecule has 0 saturated carbocycles. The Morgan fingerprint density at radius 3 is 1.94 bits per heavy atom. The second-order valence-corrected chi connectivity index (χ2v) is 6.36. The first-order valence-electron chi connectivity index (χ1n) is 5.22. The maximum atomic E-state index is 12.2. The topological polar surface area (TPSA) is 37.4 Å². The van der Waals surface area contributed by atoms with E-state index in [9.17, 15) is 21.6 Å². The highest BCUT2D eigenvalue weighted by Crippen LogP contribution is 2.32. The third-order valence-corrected chi connectivity index (χ3v) is 4.70. The molecule has 0 atom stereocenters. The summed E-state index contributed by atoms with van der Waals surface area (Å²) in [5.74, 6) is 0.704. The van der Waals surface area contributed by atoms with Gasteiger partial charge in [0.15, 0.2) is 0 Å². The molecule has 0 unspecified atom stereocenters. The molecule has 96 valence electrons. The minimum atomic E-state index is -5.17. The van der Waals surface area contributed by atoms with Gasteiger partial charge in [-0.2, -0.15) is 17.5 Å². The summed E-state index contributed by atoms with van der Waals surface area (Å²) in [7, 11) is -5.12. The average Bonchev–Trinajstić information content (AvgIpc) is 2.16. The predicted octanol–water partition coefficient (Wildman–Crippen LogP) is 2.20. The van der Waals surface area contributed by atoms with Crippen molar-refractivity contribution in [1.29, 1.82) is 0 Å². The largest absolute Gasteiger partial charge is 0.511 e. The Morgan fingerprint density at radius 1 is 1.19 bits per heavy atom. The molecule has 0 aliphatic carbocycles. The first-order chi connectivity index (χ1) is 7.16. The summed E-state index contributed by atoms with van der Waals surface area (Å²) in [5, 5.41) is 0. The number of hydrogen-bond donors (Lipinski definition) is 0. The summed E-state index contributed by atoms with van der Waals surface area (Å²) in [6.07, 6.45) is 1.01. The molecule has 0 amide bonds. The summed E-state index contributed by atoms with van der Waals surface area (Å²) in [6, 6.07) is 0. The molecule has 0 aromatic carbocycles. The van der Waals surface area contributed by atoms with Gasteiger partial charge in [-0.25, -0.2) is 8.42 Å². The van der Waals surface area contributed by atoms with Crippen LogP contribution in [0.2, 0.25) is 0 Å². The van der Waals surface area contributed by atoms with E-state index in [1.807, 2.05) is 13.8 Å². The van der Waals surface area contributed by atoms with Crippen LogP contribution in [-0.4, -0.2) is 31.3 Å². The second kappa shape index (κ2) is 4.52. The van der Waals surface area contributed by atoms with Gasteiger partial charge in [-0.3, -0.25) is 0 Å². The van der Waals surface area contributed by atoms with Gasteiger partial charge >= 0.3 is 15.5 Å². The average molecular weight is 259 g/mol. The summed E-state index contributed by atoms with van der Waals surface area (Å²) in [4.78, 5) is 0. The highest BCUT2D eigenvalue weighted by Gasteiger charge is 2.50. The lowest BCUT2D eigenvalue weighted by Gasteiger charge is -2.33. The molecule has 0 aromatic rings. The lowest BCUT2D eigenvalue weighted by atomic mass is 9.87. The van der Waals surface area contributed by atoms with E-state index in [2.05, 4.69) is 0 Å². The van der Waals surface area contributed by atoms with Crippen LogP contribution in [0.5, 0.6) is 0 Å². The van der Waals surface area contributed by atoms with Gasteiger partial charge in [-0.15, -0.1) is 0 Å². The van der Waals surface area contributed by atoms with Gasteiger partial charge in [-0.1, -0.05) is 13.8 Å². The molecule has 1 saturated heterocycles. The lowest BCUT2D eigenvalue weighted by Crippen LogP contribution is -2.45. The van der Waals surface area contributed by atoms with Gasteiger partial charge in [0.1, 0.15) is 0 Å². The molecule has 16 heavy (non-hydrogen) atoms. The fraction of sp³-hybridized carbons (Fsp3) is 1.00. The normalized spacial score (nSPS) is 21.6. The zero-order valence-electron chi connectivity index (χ0n) is 9.29. The highest BCUT2D eigenvalue weighted by molar-refractivity contribution is 7.90. The van der Waals surface area contributed by atoms with Crippen molar-refractivity contribution in [3.63, 3.8) is 0 Å². The van der Waals surface area contributed by atoms with E-state index in [4.69, 9.17) is 0 Å². The highest BCUT2D eigenvalue weighted by atomic mass is 32.2. The number of piperidine rings is 1. The summed E-state index contributed by atoms with van der Waals surface area (Å²) in [6.45, 7) is 3.95. The third-order valence-electron chi connectivity index (χ3n) is 3.07. The number of sulfonamides is 1. The molecule has 0 aromatic heterocycles. The quantitative estimate of drug-likeness (QED) is 0.762. The number of rotatable bonds is 2. The monoisotopic (exact) mass is 259 g/mol. The number of nitrogens with zero attached hydrogens (tertiary/aromatic N) is 1. The van der Waals surface area contributed by atoms with Gasteiger partial charge < -0.3 is 0 Å². The minimum Gasteiger partial charge on any atom is -0.203 e. The van der Waals surface area contributed by atoms with Gasteiger partial charge in [-0.05, 0) is 24.7 Å². The second-order valence-electron chi connectivity index (χ2n) is 4.43. The molecule has 3 nitrogen and oxygen atoms in total. The number of alkyl halides is 3. The van der Waals surface area contributed by atoms with Crippen molar-refractivity contribution in [3.8, 4) is 0 Å². The van der Waals surface area contributed by atoms with Crippen LogP contribution < -0.4 is 0 Å². The Labute approximate surface area is 93.7 Å². The first-order valence-corrected chi connectivity index (χ1v) is 6.66. The lowest BCUT2D eigenvalue weighted by molar-refractivity contribution is -0.0498. The molecule has 0 spiro atoms. The SMILES string of the molecule is CC(C)C1CCN(S(=O)(=O)C(F)(F)F)CC1. The Kier molecular flexibility index (Phi) is 3.89. The van der Waals surface area contributed by atoms with E-state index in [1.54, 1.807) is 0 Å². The summed E-state index contributed by atoms with van der Waals surface area (Å²) in [5.41, 5.74) is -5.17. The van der Waals surface area contributed by atoms with E-state index in [0.717, 1.165) is 0 Å². The van der Waals surface area contributed by atoms with Crippen molar-refractivity contribution in [1.82, 2.24) is 4.31 Å². The third kappa shape index (κ3) is 2.68. The fourth-order valence-corrected chi connectivity index (χ4v) is 2.91. The molecule has 0 N–H and O–H groups in total. The zero-order chi connectivity index (χ0) is 12.6. The Morgan fingerprint density at radius 2 is 1.62 bits per heavy atom. The minimum absolute atomic E-state index is 0.0231. The van der Waals surface area contributed by atoms with E-state index < -0.39 is 15.5 Å². The van der Waals surface area contributed by atoms with E-state index in [1.165, 1.54) is 0 Å². The van der Waals surface area contributed by atoms with E-state index in [-0.39, 0.29) is 13.1 Å². The smallest absolute Gasteiger partial charge is 0.203 e. The van der Waals surface area contributed by atoms with Crippen molar-refractivity contribution in [2.75, 3.05) is 13.1 Å². The number of hydrogen-bond acceptors (Lipinski definition) is 2. The predicted molar refractivity (Wildman–Crippen MR) is 54.1 cm³/mol. The molecular weight excluding hydrogens is 243 g/mol. The first kappa shape index (κ1) is 13.8. The molecular formula is C9H16F3NO2S. The van der Waals surface area contributed by atoms with Crippen molar-refractivity contribution in [3.05, 3.63) is 0 Å². The molecule has 1 fully saturated rings. The Hall–Kier alpha value is -0.300. The van der Waals surface area contributed by atoms with Crippen LogP contribution in [0.15, 0.2) is 0 Å². The summed E-state index contributed by atoms with van der Waals surface area (Å²) >= 11 is 0. The Balaban J connectivity index is 2.68. The maximum Gasteiger partial charge on any atom is 0.511 e. The van der Waals surface area contributed by atoms with E-state index in [0.29, 0.717) is 29.0 Å². The van der Waals surface area contributed by atoms with Crippen LogP contribution in [0.25, 0.3) is 0 Å². The maximum absolute atomic E-state index is 12.2. The van der Waals surface area contributed by atoms with E-state index >= 15 is 0 Å². The number of halogens is 3. The van der Waals surface area contributed by atoms with Crippen LogP contribution in [0.1, 0.15) is 26.7 Å². The van der Waals surface area contributed by atoms with Crippen molar-refractivity contribution < 1.29 is 21.6 Å². The molecule has 1 rings (SSSR count). The van der Waals surface area contributed by atoms with Gasteiger partial charge in [0.2, 0.25) is 0 Å². The molecule has 0 radical (unpaired) electrons. The van der Waals surface area contributed by atoms with Crippen LogP contribution >= 0.6 is 0 Å². The van der Waals surface area contributed by atoms with Crippen LogP contribution in [0.4, 0.5) is 13.2 Å². The van der Waals surface area contributed by atoms with Crippen LogP contribution in [0.3, 0.4) is 0 Å². The van der Waals surface area contributed by atoms with Gasteiger partial charge in [0, 0.05) is 13.1 Å². The molecule has 0 bridgehead atoms. The van der Waals surface area contributed by atoms with Gasteiger partial charge in [0.25, 0.3) is 0 Å². The fourth-order valence-electron chi connectivity index (χ4n) is 1.93. The molecule has 1 aliphatic heterocycles. The van der Waals surface area contributed by atoms with Crippen molar-refractivity contribution in [2.24, 2.45) is 11.8 Å². The van der Waals surface area contributed by atoms with Gasteiger partial charge in [0.05, 0.1) is 0 Å². The van der Waals surface area contributed by atoms with Crippen LogP contribution in [0, 0.1) is 11.8 Å². The van der Waals surface area contributed by atoms with Crippen molar-refractivity contribution >= 4 is 10.0 Å². The molecule has 1 aliphatic rings. The zero-order valence-corrected chi connectivity index (χ0v) is 10.1. The molecule has 1 heterocycles. The van der Waals surface area contributed by atoms with Crippen LogP contribution in [-0.2, 0) is 10.0 Å². The summed E-state index contributed by atoms with van der Waals surface area (Å²) < 4.78 is 59.4. The standard InChI is InChI=1S/C9H16F3NO2S/c1-7(2)8-3-5-13(6-4-8)16(14,15)9(10,11)12/h7-8H,3-6H2,1-2H3. The molecule has 7 heteroatoms.